The first-order chi connectivity index (χ1) is 15.6. The highest BCUT2D eigenvalue weighted by Gasteiger charge is 2.42. The Hall–Kier alpha value is -2.40. The van der Waals surface area contributed by atoms with Crippen molar-refractivity contribution in [1.82, 2.24) is 4.90 Å². The van der Waals surface area contributed by atoms with Gasteiger partial charge in [0, 0.05) is 18.3 Å². The third kappa shape index (κ3) is 5.32. The molecule has 1 unspecified atom stereocenters. The molecule has 2 aliphatic rings. The van der Waals surface area contributed by atoms with Crippen molar-refractivity contribution in [3.05, 3.63) is 59.9 Å². The van der Waals surface area contributed by atoms with Crippen molar-refractivity contribution in [2.75, 3.05) is 25.0 Å². The molecule has 2 aromatic carbocycles. The maximum atomic E-state index is 13.4. The molecule has 1 saturated heterocycles. The van der Waals surface area contributed by atoms with E-state index < -0.39 is 5.41 Å². The Morgan fingerprint density at radius 3 is 2.47 bits per heavy atom. The second kappa shape index (κ2) is 10.5. The van der Waals surface area contributed by atoms with E-state index in [-0.39, 0.29) is 11.7 Å². The van der Waals surface area contributed by atoms with Gasteiger partial charge in [0.25, 0.3) is 0 Å². The number of benzene rings is 2. The second-order valence-corrected chi connectivity index (χ2v) is 9.36. The minimum atomic E-state index is -0.575. The summed E-state index contributed by atoms with van der Waals surface area (Å²) in [6.07, 6.45) is 8.58. The van der Waals surface area contributed by atoms with Crippen molar-refractivity contribution >= 4 is 11.6 Å². The number of amides is 1. The Labute approximate surface area is 191 Å². The largest absolute Gasteiger partial charge is 0.494 e. The lowest BCUT2D eigenvalue weighted by molar-refractivity contribution is -0.121. The Bertz CT molecular complexity index is 876. The predicted octanol–water partition coefficient (Wildman–Crippen LogP) is 5.92. The predicted molar refractivity (Wildman–Crippen MR) is 127 cm³/mol. The van der Waals surface area contributed by atoms with Crippen molar-refractivity contribution in [2.24, 2.45) is 0 Å². The van der Waals surface area contributed by atoms with Gasteiger partial charge in [-0.15, -0.1) is 0 Å². The summed E-state index contributed by atoms with van der Waals surface area (Å²) in [6, 6.07) is 14.7. The van der Waals surface area contributed by atoms with Crippen molar-refractivity contribution < 1.29 is 13.9 Å². The number of likely N-dealkylation sites (tertiary alicyclic amines) is 1. The van der Waals surface area contributed by atoms with Crippen LogP contribution in [0, 0.1) is 5.82 Å². The molecule has 0 radical (unpaired) electrons. The van der Waals surface area contributed by atoms with Gasteiger partial charge in [-0.3, -0.25) is 4.79 Å². The number of nitrogens with one attached hydrogen (secondary N) is 1. The van der Waals surface area contributed by atoms with Gasteiger partial charge in [0.05, 0.1) is 12.0 Å². The maximum absolute atomic E-state index is 13.4. The van der Waals surface area contributed by atoms with Crippen LogP contribution in [0.5, 0.6) is 5.75 Å². The van der Waals surface area contributed by atoms with Gasteiger partial charge in [0.2, 0.25) is 5.91 Å². The molecule has 5 heteroatoms. The van der Waals surface area contributed by atoms with Gasteiger partial charge in [-0.05, 0) is 87.5 Å². The number of hydrogen-bond acceptors (Lipinski definition) is 3. The van der Waals surface area contributed by atoms with Gasteiger partial charge >= 0.3 is 0 Å². The molecule has 4 rings (SSSR count). The minimum absolute atomic E-state index is 0.00840. The van der Waals surface area contributed by atoms with E-state index in [9.17, 15) is 9.18 Å². The average molecular weight is 439 g/mol. The van der Waals surface area contributed by atoms with Gasteiger partial charge in [-0.1, -0.05) is 31.4 Å². The smallest absolute Gasteiger partial charge is 0.235 e. The first-order valence-electron chi connectivity index (χ1n) is 12.1. The van der Waals surface area contributed by atoms with Crippen LogP contribution in [0.2, 0.25) is 0 Å². The molecule has 2 fully saturated rings. The summed E-state index contributed by atoms with van der Waals surface area (Å²) in [7, 11) is 0. The van der Waals surface area contributed by atoms with Crippen LogP contribution >= 0.6 is 0 Å². The van der Waals surface area contributed by atoms with Crippen LogP contribution < -0.4 is 10.1 Å². The lowest BCUT2D eigenvalue weighted by atomic mass is 9.78. The highest BCUT2D eigenvalue weighted by molar-refractivity contribution is 5.99. The summed E-state index contributed by atoms with van der Waals surface area (Å²) in [5.41, 5.74) is 1.09. The van der Waals surface area contributed by atoms with E-state index in [1.54, 1.807) is 12.1 Å². The molecule has 0 bridgehead atoms. The fraction of sp³-hybridized carbons (Fsp3) is 0.519. The van der Waals surface area contributed by atoms with Crippen LogP contribution in [0.25, 0.3) is 0 Å². The van der Waals surface area contributed by atoms with E-state index in [2.05, 4.69) is 17.1 Å². The van der Waals surface area contributed by atoms with Crippen LogP contribution in [0.3, 0.4) is 0 Å². The lowest BCUT2D eigenvalue weighted by Gasteiger charge is -2.33. The van der Waals surface area contributed by atoms with Gasteiger partial charge in [-0.2, -0.15) is 0 Å². The van der Waals surface area contributed by atoms with Crippen LogP contribution in [-0.4, -0.2) is 36.5 Å². The van der Waals surface area contributed by atoms with Crippen molar-refractivity contribution in [2.45, 2.75) is 69.7 Å². The number of carbonyl (C=O) groups is 1. The zero-order valence-corrected chi connectivity index (χ0v) is 19.1. The molecule has 1 amide bonds. The highest BCUT2D eigenvalue weighted by atomic mass is 19.1. The van der Waals surface area contributed by atoms with Crippen LogP contribution in [-0.2, 0) is 10.2 Å². The van der Waals surface area contributed by atoms with Crippen LogP contribution in [0.1, 0.15) is 63.9 Å². The quantitative estimate of drug-likeness (QED) is 0.520. The van der Waals surface area contributed by atoms with E-state index in [1.807, 2.05) is 24.3 Å². The second-order valence-electron chi connectivity index (χ2n) is 9.36. The molecule has 0 spiro atoms. The Morgan fingerprint density at radius 1 is 1.06 bits per heavy atom. The third-order valence-corrected chi connectivity index (χ3v) is 7.20. The van der Waals surface area contributed by atoms with Gasteiger partial charge in [0.15, 0.2) is 0 Å². The summed E-state index contributed by atoms with van der Waals surface area (Å²) in [6.45, 7) is 5.30. The standard InChI is InChI=1S/C27H35FN2O2/c1-21-7-2-5-18-30(21)19-6-20-32-25-14-12-24(13-15-25)29-26(31)27(16-3-4-17-27)22-8-10-23(28)11-9-22/h8-15,21H,2-7,16-20H2,1H3,(H,29,31). The van der Waals surface area contributed by atoms with Gasteiger partial charge in [0.1, 0.15) is 11.6 Å². The average Bonchev–Trinajstić information content (AvgIpc) is 3.31. The van der Waals surface area contributed by atoms with Crippen LogP contribution in [0.15, 0.2) is 48.5 Å². The molecule has 0 aromatic heterocycles. The zero-order valence-electron chi connectivity index (χ0n) is 19.1. The Kier molecular flexibility index (Phi) is 7.46. The number of carbonyl (C=O) groups excluding carboxylic acids is 1. The first kappa shape index (κ1) is 22.8. The number of anilines is 1. The normalized spacial score (nSPS) is 20.8. The van der Waals surface area contributed by atoms with E-state index >= 15 is 0 Å². The molecule has 1 aliphatic heterocycles. The highest BCUT2D eigenvalue weighted by Crippen LogP contribution is 2.42. The number of nitrogens with zero attached hydrogens (tertiary/aromatic N) is 1. The molecular weight excluding hydrogens is 403 g/mol. The molecule has 2 aromatic rings. The molecule has 1 N–H and O–H groups in total. The number of ether oxygens (including phenoxy) is 1. The van der Waals surface area contributed by atoms with E-state index in [0.29, 0.717) is 12.6 Å². The summed E-state index contributed by atoms with van der Waals surface area (Å²) in [4.78, 5) is 15.8. The molecule has 4 nitrogen and oxygen atoms in total. The van der Waals surface area contributed by atoms with Gasteiger partial charge < -0.3 is 15.0 Å². The molecule has 1 aliphatic carbocycles. The molecule has 172 valence electrons. The number of rotatable bonds is 8. The molecule has 32 heavy (non-hydrogen) atoms. The summed E-state index contributed by atoms with van der Waals surface area (Å²) in [5, 5.41) is 3.09. The number of halogens is 1. The molecular formula is C27H35FN2O2. The Balaban J connectivity index is 1.30. The maximum Gasteiger partial charge on any atom is 0.235 e. The van der Waals surface area contributed by atoms with E-state index in [1.165, 1.54) is 37.9 Å². The minimum Gasteiger partial charge on any atom is -0.494 e. The molecule has 1 heterocycles. The van der Waals surface area contributed by atoms with Gasteiger partial charge in [-0.25, -0.2) is 4.39 Å². The summed E-state index contributed by atoms with van der Waals surface area (Å²) in [5.74, 6) is 0.540. The van der Waals surface area contributed by atoms with E-state index in [4.69, 9.17) is 4.74 Å². The molecule has 1 atom stereocenters. The topological polar surface area (TPSA) is 41.6 Å². The Morgan fingerprint density at radius 2 is 1.78 bits per heavy atom. The van der Waals surface area contributed by atoms with E-state index in [0.717, 1.165) is 55.6 Å². The lowest BCUT2D eigenvalue weighted by Crippen LogP contribution is -2.38. The zero-order chi connectivity index (χ0) is 22.4. The monoisotopic (exact) mass is 438 g/mol. The fourth-order valence-electron chi connectivity index (χ4n) is 5.23. The van der Waals surface area contributed by atoms with Crippen molar-refractivity contribution in [1.29, 1.82) is 0 Å². The number of hydrogen-bond donors (Lipinski definition) is 1. The summed E-state index contributed by atoms with van der Waals surface area (Å²) < 4.78 is 19.3. The SMILES string of the molecule is CC1CCCCN1CCCOc1ccc(NC(=O)C2(c3ccc(F)cc3)CCCC2)cc1. The number of piperidine rings is 1. The van der Waals surface area contributed by atoms with Crippen molar-refractivity contribution in [3.63, 3.8) is 0 Å². The van der Waals surface area contributed by atoms with Crippen LogP contribution in [0.4, 0.5) is 10.1 Å². The fourth-order valence-corrected chi connectivity index (χ4v) is 5.23. The van der Waals surface area contributed by atoms with Crippen molar-refractivity contribution in [3.8, 4) is 5.75 Å². The molecule has 1 saturated carbocycles. The summed E-state index contributed by atoms with van der Waals surface area (Å²) >= 11 is 0. The third-order valence-electron chi connectivity index (χ3n) is 7.20. The first-order valence-corrected chi connectivity index (χ1v) is 12.1.